The molecule has 3 rings (SSSR count). The van der Waals surface area contributed by atoms with E-state index < -0.39 is 6.10 Å². The van der Waals surface area contributed by atoms with E-state index >= 15 is 0 Å². The number of hydrogen-bond acceptors (Lipinski definition) is 4. The first-order chi connectivity index (χ1) is 11.1. The summed E-state index contributed by atoms with van der Waals surface area (Å²) in [6.45, 7) is 2.27. The number of rotatable bonds is 5. The Morgan fingerprint density at radius 3 is 2.91 bits per heavy atom. The highest BCUT2D eigenvalue weighted by Crippen LogP contribution is 2.16. The molecule has 3 aromatic rings. The highest BCUT2D eigenvalue weighted by molar-refractivity contribution is 5.97. The smallest absolute Gasteiger partial charge is 0.252 e. The quantitative estimate of drug-likeness (QED) is 0.673. The van der Waals surface area contributed by atoms with Crippen molar-refractivity contribution in [1.29, 1.82) is 0 Å². The van der Waals surface area contributed by atoms with Crippen LogP contribution in [0, 0.1) is 6.92 Å². The van der Waals surface area contributed by atoms with Gasteiger partial charge in [-0.15, -0.1) is 0 Å². The van der Waals surface area contributed by atoms with Gasteiger partial charge in [0.05, 0.1) is 11.7 Å². The Bertz CT molecular complexity index is 814. The van der Waals surface area contributed by atoms with E-state index in [1.807, 2.05) is 37.3 Å². The first-order valence-electron chi connectivity index (χ1n) is 7.47. The van der Waals surface area contributed by atoms with Crippen LogP contribution < -0.4 is 5.32 Å². The fraction of sp³-hybridized carbons (Fsp3) is 0.235. The number of aliphatic hydroxyl groups excluding tert-OH is 1. The average Bonchev–Trinajstić information content (AvgIpc) is 2.96. The van der Waals surface area contributed by atoms with Gasteiger partial charge in [-0.1, -0.05) is 30.3 Å². The number of aromatic nitrogens is 3. The number of aromatic amines is 1. The molecule has 0 fully saturated rings. The van der Waals surface area contributed by atoms with E-state index in [0.29, 0.717) is 24.2 Å². The molecule has 1 aromatic carbocycles. The first-order valence-corrected chi connectivity index (χ1v) is 7.47. The summed E-state index contributed by atoms with van der Waals surface area (Å²) in [6, 6.07) is 11.2. The molecule has 2 heterocycles. The average molecular weight is 310 g/mol. The van der Waals surface area contributed by atoms with Crippen LogP contribution in [0.25, 0.3) is 11.0 Å². The van der Waals surface area contributed by atoms with Crippen molar-refractivity contribution in [2.75, 3.05) is 6.54 Å². The summed E-state index contributed by atoms with van der Waals surface area (Å²) in [4.78, 5) is 16.3. The number of carbonyl (C=O) groups is 1. The van der Waals surface area contributed by atoms with Crippen LogP contribution in [0.5, 0.6) is 0 Å². The lowest BCUT2D eigenvalue weighted by atomic mass is 10.1. The highest BCUT2D eigenvalue weighted by atomic mass is 16.3. The van der Waals surface area contributed by atoms with Gasteiger partial charge in [0.2, 0.25) is 0 Å². The monoisotopic (exact) mass is 310 g/mol. The number of carbonyl (C=O) groups excluding carboxylic acids is 1. The first kappa shape index (κ1) is 15.2. The van der Waals surface area contributed by atoms with Gasteiger partial charge in [0.15, 0.2) is 5.65 Å². The van der Waals surface area contributed by atoms with Crippen molar-refractivity contribution in [3.8, 4) is 0 Å². The summed E-state index contributed by atoms with van der Waals surface area (Å²) >= 11 is 0. The Balaban J connectivity index is 1.59. The maximum Gasteiger partial charge on any atom is 0.252 e. The number of H-pyrrole nitrogens is 1. The van der Waals surface area contributed by atoms with Gasteiger partial charge in [-0.2, -0.15) is 5.10 Å². The number of nitrogens with one attached hydrogen (secondary N) is 2. The maximum absolute atomic E-state index is 12.2. The molecule has 0 aliphatic rings. The van der Waals surface area contributed by atoms with Crippen LogP contribution >= 0.6 is 0 Å². The summed E-state index contributed by atoms with van der Waals surface area (Å²) < 4.78 is 0. The van der Waals surface area contributed by atoms with Crippen molar-refractivity contribution >= 4 is 16.9 Å². The van der Waals surface area contributed by atoms with E-state index in [9.17, 15) is 9.90 Å². The molecule has 0 spiro atoms. The number of aryl methyl sites for hydroxylation is 1. The number of fused-ring (bicyclic) bond motifs is 1. The lowest BCUT2D eigenvalue weighted by Crippen LogP contribution is -2.25. The van der Waals surface area contributed by atoms with Crippen molar-refractivity contribution in [1.82, 2.24) is 20.5 Å². The third kappa shape index (κ3) is 3.37. The minimum atomic E-state index is -0.590. The molecular formula is C17H18N4O2. The lowest BCUT2D eigenvalue weighted by Gasteiger charge is -2.11. The van der Waals surface area contributed by atoms with Gasteiger partial charge in [0.25, 0.3) is 5.91 Å². The van der Waals surface area contributed by atoms with Gasteiger partial charge in [-0.3, -0.25) is 9.89 Å². The number of nitrogens with zero attached hydrogens (tertiary/aromatic N) is 2. The van der Waals surface area contributed by atoms with Gasteiger partial charge in [0, 0.05) is 23.8 Å². The van der Waals surface area contributed by atoms with E-state index in [-0.39, 0.29) is 5.91 Å². The number of pyridine rings is 1. The molecule has 2 aromatic heterocycles. The summed E-state index contributed by atoms with van der Waals surface area (Å²) in [5.74, 6) is -0.208. The molecule has 6 heteroatoms. The molecule has 0 saturated carbocycles. The number of aliphatic hydroxyl groups is 1. The molecule has 0 saturated heterocycles. The van der Waals surface area contributed by atoms with Crippen LogP contribution in [0.4, 0.5) is 0 Å². The Labute approximate surface area is 133 Å². The van der Waals surface area contributed by atoms with Crippen molar-refractivity contribution in [2.45, 2.75) is 19.4 Å². The zero-order valence-electron chi connectivity index (χ0n) is 12.8. The van der Waals surface area contributed by atoms with Gasteiger partial charge in [-0.25, -0.2) is 4.98 Å². The minimum absolute atomic E-state index is 0.208. The Kier molecular flexibility index (Phi) is 4.34. The van der Waals surface area contributed by atoms with Crippen molar-refractivity contribution in [3.63, 3.8) is 0 Å². The predicted molar refractivity (Wildman–Crippen MR) is 87.0 cm³/mol. The number of amides is 1. The zero-order valence-corrected chi connectivity index (χ0v) is 12.8. The molecule has 6 nitrogen and oxygen atoms in total. The molecule has 23 heavy (non-hydrogen) atoms. The summed E-state index contributed by atoms with van der Waals surface area (Å²) in [5.41, 5.74) is 2.80. The SMILES string of the molecule is Cc1[nH]nc2ncc(C(=O)NCCC(O)c3ccccc3)cc12. The summed E-state index contributed by atoms with van der Waals surface area (Å²) in [6.07, 6.45) is 1.37. The molecule has 0 aliphatic carbocycles. The van der Waals surface area contributed by atoms with E-state index in [1.165, 1.54) is 6.20 Å². The van der Waals surface area contributed by atoms with Gasteiger partial charge in [-0.05, 0) is 25.0 Å². The number of benzene rings is 1. The van der Waals surface area contributed by atoms with Gasteiger partial charge >= 0.3 is 0 Å². The standard InChI is InChI=1S/C17H18N4O2/c1-11-14-9-13(10-19-16(14)21-20-11)17(23)18-8-7-15(22)12-5-3-2-4-6-12/h2-6,9-10,15,22H,7-8H2,1H3,(H,18,23)(H,19,20,21). The molecule has 0 aliphatic heterocycles. The molecule has 1 atom stereocenters. The van der Waals surface area contributed by atoms with E-state index in [2.05, 4.69) is 20.5 Å². The lowest BCUT2D eigenvalue weighted by molar-refractivity contribution is 0.0942. The summed E-state index contributed by atoms with van der Waals surface area (Å²) in [7, 11) is 0. The topological polar surface area (TPSA) is 90.9 Å². The van der Waals surface area contributed by atoms with Crippen LogP contribution in [0.1, 0.15) is 34.1 Å². The van der Waals surface area contributed by atoms with Crippen LogP contribution in [-0.2, 0) is 0 Å². The normalized spacial score (nSPS) is 12.3. The van der Waals surface area contributed by atoms with Crippen LogP contribution in [-0.4, -0.2) is 32.7 Å². The van der Waals surface area contributed by atoms with Gasteiger partial charge < -0.3 is 10.4 Å². The predicted octanol–water partition coefficient (Wildman–Crippen LogP) is 2.12. The van der Waals surface area contributed by atoms with E-state index in [4.69, 9.17) is 0 Å². The molecule has 0 radical (unpaired) electrons. The van der Waals surface area contributed by atoms with Gasteiger partial charge in [0.1, 0.15) is 0 Å². The van der Waals surface area contributed by atoms with Crippen LogP contribution in [0.2, 0.25) is 0 Å². The maximum atomic E-state index is 12.2. The van der Waals surface area contributed by atoms with Crippen molar-refractivity contribution < 1.29 is 9.90 Å². The zero-order chi connectivity index (χ0) is 16.2. The molecule has 118 valence electrons. The number of hydrogen-bond donors (Lipinski definition) is 3. The Morgan fingerprint density at radius 2 is 2.13 bits per heavy atom. The molecule has 0 bridgehead atoms. The van der Waals surface area contributed by atoms with Crippen LogP contribution in [0.3, 0.4) is 0 Å². The second-order valence-corrected chi connectivity index (χ2v) is 5.41. The fourth-order valence-corrected chi connectivity index (χ4v) is 2.41. The fourth-order valence-electron chi connectivity index (χ4n) is 2.41. The molecule has 1 amide bonds. The largest absolute Gasteiger partial charge is 0.388 e. The van der Waals surface area contributed by atoms with E-state index in [1.54, 1.807) is 6.07 Å². The van der Waals surface area contributed by atoms with Crippen molar-refractivity contribution in [2.24, 2.45) is 0 Å². The summed E-state index contributed by atoms with van der Waals surface area (Å²) in [5, 5.41) is 20.6. The highest BCUT2D eigenvalue weighted by Gasteiger charge is 2.11. The Hall–Kier alpha value is -2.73. The van der Waals surface area contributed by atoms with Crippen molar-refractivity contribution in [3.05, 3.63) is 59.4 Å². The second-order valence-electron chi connectivity index (χ2n) is 5.41. The second kappa shape index (κ2) is 6.58. The Morgan fingerprint density at radius 1 is 1.35 bits per heavy atom. The third-order valence-corrected chi connectivity index (χ3v) is 3.75. The molecule has 1 unspecified atom stereocenters. The molecular weight excluding hydrogens is 292 g/mol. The minimum Gasteiger partial charge on any atom is -0.388 e. The van der Waals surface area contributed by atoms with Crippen LogP contribution in [0.15, 0.2) is 42.6 Å². The third-order valence-electron chi connectivity index (χ3n) is 3.75. The van der Waals surface area contributed by atoms with E-state index in [0.717, 1.165) is 16.6 Å². The molecule has 3 N–H and O–H groups in total.